The molecule has 106 valence electrons. The number of rotatable bonds is 4. The van der Waals surface area contributed by atoms with E-state index in [2.05, 4.69) is 5.32 Å². The van der Waals surface area contributed by atoms with Gasteiger partial charge in [0.1, 0.15) is 0 Å². The minimum absolute atomic E-state index is 0.0839. The number of thioether (sulfide) groups is 1. The van der Waals surface area contributed by atoms with Gasteiger partial charge < -0.3 is 10.4 Å². The number of carboxylic acids is 1. The lowest BCUT2D eigenvalue weighted by Crippen LogP contribution is -2.24. The third-order valence-corrected chi connectivity index (χ3v) is 4.30. The number of carbonyl (C=O) groups excluding carboxylic acids is 1. The van der Waals surface area contributed by atoms with Gasteiger partial charge in [-0.15, -0.1) is 11.8 Å². The molecular weight excluding hydrogens is 284 g/mol. The summed E-state index contributed by atoms with van der Waals surface area (Å²) in [5, 5.41) is 22.1. The SMILES string of the molecule is O=C(O)c1cc([N+](=O)[O-])ccc1NC(=O)C1CCCS1. The van der Waals surface area contributed by atoms with Crippen LogP contribution >= 0.6 is 11.8 Å². The zero-order valence-corrected chi connectivity index (χ0v) is 11.2. The molecule has 20 heavy (non-hydrogen) atoms. The molecule has 0 saturated carbocycles. The number of nitro benzene ring substituents is 1. The number of nitrogens with zero attached hydrogens (tertiary/aromatic N) is 1. The number of carbonyl (C=O) groups is 2. The molecule has 0 spiro atoms. The Morgan fingerprint density at radius 3 is 2.75 bits per heavy atom. The summed E-state index contributed by atoms with van der Waals surface area (Å²) in [6.45, 7) is 0. The smallest absolute Gasteiger partial charge is 0.338 e. The first-order chi connectivity index (χ1) is 9.49. The van der Waals surface area contributed by atoms with Gasteiger partial charge in [0.15, 0.2) is 0 Å². The number of benzene rings is 1. The van der Waals surface area contributed by atoms with Crippen LogP contribution in [0.2, 0.25) is 0 Å². The maximum Gasteiger partial charge on any atom is 0.338 e. The Bertz CT molecular complexity index is 569. The summed E-state index contributed by atoms with van der Waals surface area (Å²) in [5.41, 5.74) is -0.521. The monoisotopic (exact) mass is 296 g/mol. The highest BCUT2D eigenvalue weighted by Gasteiger charge is 2.25. The second-order valence-corrected chi connectivity index (χ2v) is 5.59. The molecule has 1 amide bonds. The van der Waals surface area contributed by atoms with Crippen molar-refractivity contribution < 1.29 is 19.6 Å². The van der Waals surface area contributed by atoms with Gasteiger partial charge >= 0.3 is 5.97 Å². The number of nitro groups is 1. The van der Waals surface area contributed by atoms with E-state index >= 15 is 0 Å². The summed E-state index contributed by atoms with van der Waals surface area (Å²) in [6, 6.07) is 3.36. The van der Waals surface area contributed by atoms with Gasteiger partial charge in [-0.2, -0.15) is 0 Å². The third kappa shape index (κ3) is 3.08. The summed E-state index contributed by atoms with van der Waals surface area (Å²) in [5.74, 6) is -0.670. The summed E-state index contributed by atoms with van der Waals surface area (Å²) < 4.78 is 0. The second-order valence-electron chi connectivity index (χ2n) is 4.28. The second kappa shape index (κ2) is 5.91. The van der Waals surface area contributed by atoms with Crippen LogP contribution in [0.1, 0.15) is 23.2 Å². The Labute approximate surface area is 118 Å². The number of anilines is 1. The molecule has 0 radical (unpaired) electrons. The molecule has 1 aromatic carbocycles. The standard InChI is InChI=1S/C12H12N2O5S/c15-11(10-2-1-5-20-10)13-9-4-3-7(14(18)19)6-8(9)12(16)17/h3-4,6,10H,1-2,5H2,(H,13,15)(H,16,17). The van der Waals surface area contributed by atoms with Crippen LogP contribution in [0.3, 0.4) is 0 Å². The van der Waals surface area contributed by atoms with Crippen molar-refractivity contribution in [1.82, 2.24) is 0 Å². The van der Waals surface area contributed by atoms with Crippen molar-refractivity contribution in [1.29, 1.82) is 0 Å². The van der Waals surface area contributed by atoms with Crippen LogP contribution in [-0.2, 0) is 4.79 Å². The number of carboxylic acid groups (broad SMARTS) is 1. The number of aromatic carboxylic acids is 1. The molecule has 1 fully saturated rings. The predicted octanol–water partition coefficient (Wildman–Crippen LogP) is 2.13. The molecule has 7 nitrogen and oxygen atoms in total. The van der Waals surface area contributed by atoms with E-state index in [-0.39, 0.29) is 28.1 Å². The lowest BCUT2D eigenvalue weighted by Gasteiger charge is -2.11. The van der Waals surface area contributed by atoms with Crippen LogP contribution in [0.15, 0.2) is 18.2 Å². The molecule has 1 heterocycles. The van der Waals surface area contributed by atoms with Crippen molar-refractivity contribution in [2.45, 2.75) is 18.1 Å². The fourth-order valence-corrected chi connectivity index (χ4v) is 3.09. The lowest BCUT2D eigenvalue weighted by atomic mass is 10.1. The molecule has 1 saturated heterocycles. The molecule has 8 heteroatoms. The molecule has 1 unspecified atom stereocenters. The van der Waals surface area contributed by atoms with Crippen molar-refractivity contribution in [3.63, 3.8) is 0 Å². The largest absolute Gasteiger partial charge is 0.478 e. The van der Waals surface area contributed by atoms with Crippen molar-refractivity contribution in [3.05, 3.63) is 33.9 Å². The highest BCUT2D eigenvalue weighted by atomic mass is 32.2. The van der Waals surface area contributed by atoms with Gasteiger partial charge in [-0.25, -0.2) is 4.79 Å². The molecule has 2 rings (SSSR count). The van der Waals surface area contributed by atoms with Crippen LogP contribution < -0.4 is 5.32 Å². The average Bonchev–Trinajstić information content (AvgIpc) is 2.92. The van der Waals surface area contributed by atoms with E-state index in [0.29, 0.717) is 0 Å². The Balaban J connectivity index is 2.24. The zero-order valence-electron chi connectivity index (χ0n) is 10.4. The number of hydrogen-bond donors (Lipinski definition) is 2. The topological polar surface area (TPSA) is 110 Å². The van der Waals surface area contributed by atoms with E-state index in [9.17, 15) is 19.7 Å². The van der Waals surface area contributed by atoms with Crippen molar-refractivity contribution >= 4 is 35.0 Å². The number of nitrogens with one attached hydrogen (secondary N) is 1. The molecule has 1 aliphatic heterocycles. The van der Waals surface area contributed by atoms with Crippen molar-refractivity contribution in [2.75, 3.05) is 11.1 Å². The van der Waals surface area contributed by atoms with Gasteiger partial charge in [-0.3, -0.25) is 14.9 Å². The molecular formula is C12H12N2O5S. The quantitative estimate of drug-likeness (QED) is 0.650. The van der Waals surface area contributed by atoms with Crippen LogP contribution in [0.25, 0.3) is 0 Å². The normalized spacial score (nSPS) is 17.7. The van der Waals surface area contributed by atoms with Gasteiger partial charge in [-0.1, -0.05) is 0 Å². The van der Waals surface area contributed by atoms with Gasteiger partial charge in [-0.05, 0) is 24.7 Å². The van der Waals surface area contributed by atoms with Gasteiger partial charge in [0.25, 0.3) is 5.69 Å². The maximum atomic E-state index is 11.9. The number of amides is 1. The molecule has 2 N–H and O–H groups in total. The van der Waals surface area contributed by atoms with Crippen molar-refractivity contribution in [2.24, 2.45) is 0 Å². The summed E-state index contributed by atoms with van der Waals surface area (Å²) in [7, 11) is 0. The summed E-state index contributed by atoms with van der Waals surface area (Å²) in [4.78, 5) is 33.0. The highest BCUT2D eigenvalue weighted by molar-refractivity contribution is 8.00. The molecule has 1 atom stereocenters. The van der Waals surface area contributed by atoms with E-state index in [0.717, 1.165) is 24.7 Å². The number of hydrogen-bond acceptors (Lipinski definition) is 5. The minimum Gasteiger partial charge on any atom is -0.478 e. The van der Waals surface area contributed by atoms with Crippen LogP contribution in [0.5, 0.6) is 0 Å². The van der Waals surface area contributed by atoms with E-state index < -0.39 is 10.9 Å². The van der Waals surface area contributed by atoms with Crippen molar-refractivity contribution in [3.8, 4) is 0 Å². The van der Waals surface area contributed by atoms with E-state index in [1.807, 2.05) is 0 Å². The zero-order chi connectivity index (χ0) is 14.7. The molecule has 1 aliphatic rings. The lowest BCUT2D eigenvalue weighted by molar-refractivity contribution is -0.384. The summed E-state index contributed by atoms with van der Waals surface area (Å²) in [6.07, 6.45) is 1.71. The van der Waals surface area contributed by atoms with Gasteiger partial charge in [0.05, 0.1) is 21.4 Å². The Morgan fingerprint density at radius 1 is 1.45 bits per heavy atom. The average molecular weight is 296 g/mol. The third-order valence-electron chi connectivity index (χ3n) is 2.92. The molecule has 1 aromatic rings. The van der Waals surface area contributed by atoms with E-state index in [1.54, 1.807) is 0 Å². The van der Waals surface area contributed by atoms with Crippen LogP contribution in [0, 0.1) is 10.1 Å². The van der Waals surface area contributed by atoms with Gasteiger partial charge in [0.2, 0.25) is 5.91 Å². The fourth-order valence-electron chi connectivity index (χ4n) is 1.93. The first-order valence-electron chi connectivity index (χ1n) is 5.93. The minimum atomic E-state index is -1.32. The first-order valence-corrected chi connectivity index (χ1v) is 6.98. The van der Waals surface area contributed by atoms with E-state index in [1.165, 1.54) is 23.9 Å². The predicted molar refractivity (Wildman–Crippen MR) is 74.2 cm³/mol. The molecule has 0 aromatic heterocycles. The van der Waals surface area contributed by atoms with Crippen LogP contribution in [-0.4, -0.2) is 32.9 Å². The first kappa shape index (κ1) is 14.3. The van der Waals surface area contributed by atoms with E-state index in [4.69, 9.17) is 5.11 Å². The summed E-state index contributed by atoms with van der Waals surface area (Å²) >= 11 is 1.52. The molecule has 0 aliphatic carbocycles. The Hall–Kier alpha value is -2.09. The highest BCUT2D eigenvalue weighted by Crippen LogP contribution is 2.28. The molecule has 0 bridgehead atoms. The van der Waals surface area contributed by atoms with Crippen LogP contribution in [0.4, 0.5) is 11.4 Å². The fraction of sp³-hybridized carbons (Fsp3) is 0.333. The number of non-ortho nitro benzene ring substituents is 1. The Kier molecular flexibility index (Phi) is 4.23. The van der Waals surface area contributed by atoms with Gasteiger partial charge in [0, 0.05) is 12.1 Å². The Morgan fingerprint density at radius 2 is 2.20 bits per heavy atom. The maximum absolute atomic E-state index is 11.9.